The Balaban J connectivity index is 1.47. The maximum atomic E-state index is 14.9. The van der Waals surface area contributed by atoms with Gasteiger partial charge in [-0.2, -0.15) is 0 Å². The van der Waals surface area contributed by atoms with E-state index in [0.29, 0.717) is 36.2 Å². The van der Waals surface area contributed by atoms with Crippen LogP contribution in [0.2, 0.25) is 0 Å². The Morgan fingerprint density at radius 3 is 2.77 bits per heavy atom. The van der Waals surface area contributed by atoms with Crippen LogP contribution < -0.4 is 4.74 Å². The van der Waals surface area contributed by atoms with Gasteiger partial charge >= 0.3 is 0 Å². The second-order valence-corrected chi connectivity index (χ2v) is 8.07. The molecule has 0 atom stereocenters. The predicted molar refractivity (Wildman–Crippen MR) is 121 cm³/mol. The number of nitrogens with zero attached hydrogens (tertiary/aromatic N) is 3. The molecule has 1 N–H and O–H groups in total. The maximum absolute atomic E-state index is 14.9. The van der Waals surface area contributed by atoms with Gasteiger partial charge in [0.15, 0.2) is 0 Å². The standard InChI is InChI=1S/C25H27FN4O/c1-17-13-22-23(28-17)8-7-19(25(22)26)16-20-9-10-27-24(29-20)15-18-5-4-6-21(14-18)31-12-11-30(2)3/h4-10,13-14,28H,11-12,15-16H2,1-3H3. The van der Waals surface area contributed by atoms with Gasteiger partial charge < -0.3 is 14.6 Å². The SMILES string of the molecule is Cc1cc2c(F)c(Cc3ccnc(Cc4cccc(OCCN(C)C)c4)n3)ccc2[nH]1. The van der Waals surface area contributed by atoms with Crippen LogP contribution in [0.15, 0.2) is 54.7 Å². The highest BCUT2D eigenvalue weighted by atomic mass is 19.1. The Hall–Kier alpha value is -3.25. The fourth-order valence-electron chi connectivity index (χ4n) is 3.58. The number of fused-ring (bicyclic) bond motifs is 1. The van der Waals surface area contributed by atoms with E-state index in [1.165, 1.54) is 0 Å². The molecule has 6 heteroatoms. The van der Waals surface area contributed by atoms with Crippen molar-refractivity contribution in [2.75, 3.05) is 27.2 Å². The van der Waals surface area contributed by atoms with Gasteiger partial charge in [-0.25, -0.2) is 14.4 Å². The Kier molecular flexibility index (Phi) is 6.28. The minimum absolute atomic E-state index is 0.190. The number of hydrogen-bond donors (Lipinski definition) is 1. The molecule has 4 rings (SSSR count). The molecule has 2 heterocycles. The van der Waals surface area contributed by atoms with Crippen molar-refractivity contribution in [1.82, 2.24) is 19.9 Å². The zero-order valence-electron chi connectivity index (χ0n) is 18.2. The number of nitrogens with one attached hydrogen (secondary N) is 1. The summed E-state index contributed by atoms with van der Waals surface area (Å²) in [5.41, 5.74) is 4.27. The molecule has 0 aliphatic carbocycles. The van der Waals surface area contributed by atoms with Crippen LogP contribution in [0.5, 0.6) is 5.75 Å². The minimum Gasteiger partial charge on any atom is -0.492 e. The molecule has 0 amide bonds. The molecule has 0 fully saturated rings. The molecule has 0 radical (unpaired) electrons. The number of halogens is 1. The number of hydrogen-bond acceptors (Lipinski definition) is 4. The van der Waals surface area contributed by atoms with E-state index in [4.69, 9.17) is 4.74 Å². The summed E-state index contributed by atoms with van der Waals surface area (Å²) in [5, 5.41) is 0.621. The summed E-state index contributed by atoms with van der Waals surface area (Å²) < 4.78 is 20.8. The second kappa shape index (κ2) is 9.27. The largest absolute Gasteiger partial charge is 0.492 e. The normalized spacial score (nSPS) is 11.4. The van der Waals surface area contributed by atoms with Crippen LogP contribution in [-0.2, 0) is 12.8 Å². The maximum Gasteiger partial charge on any atom is 0.136 e. The van der Waals surface area contributed by atoms with Crippen molar-refractivity contribution < 1.29 is 9.13 Å². The van der Waals surface area contributed by atoms with Crippen LogP contribution in [0.25, 0.3) is 10.9 Å². The first-order valence-corrected chi connectivity index (χ1v) is 10.4. The van der Waals surface area contributed by atoms with E-state index >= 15 is 0 Å². The lowest BCUT2D eigenvalue weighted by Gasteiger charge is -2.11. The molecule has 160 valence electrons. The number of aromatic nitrogens is 3. The number of likely N-dealkylation sites (N-methyl/N-ethyl adjacent to an activating group) is 1. The first-order valence-electron chi connectivity index (χ1n) is 10.4. The molecular formula is C25H27FN4O. The van der Waals surface area contributed by atoms with E-state index in [1.54, 1.807) is 6.20 Å². The van der Waals surface area contributed by atoms with Gasteiger partial charge in [0.2, 0.25) is 0 Å². The third-order valence-corrected chi connectivity index (χ3v) is 5.16. The number of aromatic amines is 1. The molecule has 0 saturated carbocycles. The Bertz CT molecular complexity index is 1190. The highest BCUT2D eigenvalue weighted by Gasteiger charge is 2.11. The summed E-state index contributed by atoms with van der Waals surface area (Å²) in [6.07, 6.45) is 2.76. The lowest BCUT2D eigenvalue weighted by atomic mass is 10.1. The minimum atomic E-state index is -0.190. The number of aryl methyl sites for hydroxylation is 1. The third-order valence-electron chi connectivity index (χ3n) is 5.16. The summed E-state index contributed by atoms with van der Waals surface area (Å²) in [4.78, 5) is 14.3. The molecule has 0 unspecified atom stereocenters. The molecule has 5 nitrogen and oxygen atoms in total. The second-order valence-electron chi connectivity index (χ2n) is 8.07. The van der Waals surface area contributed by atoms with Crippen molar-refractivity contribution in [2.45, 2.75) is 19.8 Å². The highest BCUT2D eigenvalue weighted by Crippen LogP contribution is 2.23. The lowest BCUT2D eigenvalue weighted by molar-refractivity contribution is 0.261. The molecular weight excluding hydrogens is 391 g/mol. The fraction of sp³-hybridized carbons (Fsp3) is 0.280. The molecule has 4 aromatic rings. The molecule has 31 heavy (non-hydrogen) atoms. The molecule has 0 spiro atoms. The third kappa shape index (κ3) is 5.27. The van der Waals surface area contributed by atoms with Crippen molar-refractivity contribution in [3.8, 4) is 5.75 Å². The lowest BCUT2D eigenvalue weighted by Crippen LogP contribution is -2.19. The summed E-state index contributed by atoms with van der Waals surface area (Å²) in [6, 6.07) is 15.4. The Labute approximate surface area is 181 Å². The van der Waals surface area contributed by atoms with Crippen LogP contribution in [0, 0.1) is 12.7 Å². The highest BCUT2D eigenvalue weighted by molar-refractivity contribution is 5.82. The van der Waals surface area contributed by atoms with Gasteiger partial charge in [-0.3, -0.25) is 0 Å². The zero-order valence-corrected chi connectivity index (χ0v) is 18.2. The molecule has 0 aliphatic heterocycles. The first kappa shape index (κ1) is 21.0. The molecule has 2 aromatic heterocycles. The van der Waals surface area contributed by atoms with Gasteiger partial charge in [-0.1, -0.05) is 18.2 Å². The van der Waals surface area contributed by atoms with Crippen molar-refractivity contribution >= 4 is 10.9 Å². The smallest absolute Gasteiger partial charge is 0.136 e. The van der Waals surface area contributed by atoms with E-state index in [9.17, 15) is 4.39 Å². The molecule has 2 aromatic carbocycles. The number of ether oxygens (including phenoxy) is 1. The van der Waals surface area contributed by atoms with Gasteiger partial charge in [0.25, 0.3) is 0 Å². The van der Waals surface area contributed by atoms with Crippen molar-refractivity contribution in [3.05, 3.63) is 88.9 Å². The summed E-state index contributed by atoms with van der Waals surface area (Å²) >= 11 is 0. The monoisotopic (exact) mass is 418 g/mol. The summed E-state index contributed by atoms with van der Waals surface area (Å²) in [5.74, 6) is 1.36. The van der Waals surface area contributed by atoms with Crippen molar-refractivity contribution in [1.29, 1.82) is 0 Å². The van der Waals surface area contributed by atoms with Crippen LogP contribution in [0.4, 0.5) is 4.39 Å². The van der Waals surface area contributed by atoms with E-state index in [-0.39, 0.29) is 5.82 Å². The number of rotatable bonds is 8. The van der Waals surface area contributed by atoms with Gasteiger partial charge in [-0.15, -0.1) is 0 Å². The summed E-state index contributed by atoms with van der Waals surface area (Å²) in [6.45, 7) is 3.43. The first-order chi connectivity index (χ1) is 15.0. The summed E-state index contributed by atoms with van der Waals surface area (Å²) in [7, 11) is 4.04. The van der Waals surface area contributed by atoms with E-state index in [0.717, 1.165) is 34.8 Å². The quantitative estimate of drug-likeness (QED) is 0.457. The zero-order chi connectivity index (χ0) is 21.8. The van der Waals surface area contributed by atoms with Crippen molar-refractivity contribution in [2.24, 2.45) is 0 Å². The van der Waals surface area contributed by atoms with Gasteiger partial charge in [-0.05, 0) is 62.5 Å². The Morgan fingerprint density at radius 2 is 1.94 bits per heavy atom. The van der Waals surface area contributed by atoms with Crippen molar-refractivity contribution in [3.63, 3.8) is 0 Å². The molecule has 0 aliphatic rings. The topological polar surface area (TPSA) is 54.0 Å². The van der Waals surface area contributed by atoms with Crippen LogP contribution in [-0.4, -0.2) is 47.1 Å². The van der Waals surface area contributed by atoms with E-state index < -0.39 is 0 Å². The molecule has 0 saturated heterocycles. The van der Waals surface area contributed by atoms with Crippen LogP contribution in [0.3, 0.4) is 0 Å². The number of benzene rings is 2. The average molecular weight is 419 g/mol. The average Bonchev–Trinajstić information content (AvgIpc) is 3.12. The fourth-order valence-corrected chi connectivity index (χ4v) is 3.58. The van der Waals surface area contributed by atoms with Gasteiger partial charge in [0, 0.05) is 47.9 Å². The molecule has 0 bridgehead atoms. The van der Waals surface area contributed by atoms with Gasteiger partial charge in [0.1, 0.15) is 24.0 Å². The number of H-pyrrole nitrogens is 1. The van der Waals surface area contributed by atoms with Crippen LogP contribution >= 0.6 is 0 Å². The van der Waals surface area contributed by atoms with E-state index in [2.05, 4.69) is 19.9 Å². The Morgan fingerprint density at radius 1 is 1.06 bits per heavy atom. The van der Waals surface area contributed by atoms with Gasteiger partial charge in [0.05, 0.1) is 0 Å². The van der Waals surface area contributed by atoms with E-state index in [1.807, 2.05) is 69.6 Å². The predicted octanol–water partition coefficient (Wildman–Crippen LogP) is 4.53. The van der Waals surface area contributed by atoms with Crippen LogP contribution in [0.1, 0.15) is 28.3 Å².